The second-order valence-corrected chi connectivity index (χ2v) is 3.69. The van der Waals surface area contributed by atoms with Crippen molar-refractivity contribution in [1.82, 2.24) is 19.9 Å². The standard InChI is InChI=1S/C9H11N5O3/c1-3(2)17-8-4-5(13-9(10)14-8)12-7(16)6(15)11-4/h3H,1-2H3,(H,11,15)(H3,10,12,13,14,16). The van der Waals surface area contributed by atoms with Gasteiger partial charge in [-0.3, -0.25) is 9.59 Å². The van der Waals surface area contributed by atoms with E-state index in [1.54, 1.807) is 13.8 Å². The van der Waals surface area contributed by atoms with E-state index >= 15 is 0 Å². The maximum atomic E-state index is 11.2. The lowest BCUT2D eigenvalue weighted by molar-refractivity contribution is 0.235. The van der Waals surface area contributed by atoms with Crippen molar-refractivity contribution in [2.24, 2.45) is 0 Å². The molecule has 0 atom stereocenters. The van der Waals surface area contributed by atoms with Crippen molar-refractivity contribution < 1.29 is 4.74 Å². The first-order valence-electron chi connectivity index (χ1n) is 4.94. The van der Waals surface area contributed by atoms with Crippen LogP contribution in [0.15, 0.2) is 9.59 Å². The van der Waals surface area contributed by atoms with E-state index in [4.69, 9.17) is 10.5 Å². The van der Waals surface area contributed by atoms with Crippen molar-refractivity contribution >= 4 is 17.1 Å². The van der Waals surface area contributed by atoms with Gasteiger partial charge in [0.15, 0.2) is 5.65 Å². The molecule has 2 rings (SSSR count). The molecule has 0 amide bonds. The predicted molar refractivity (Wildman–Crippen MR) is 61.0 cm³/mol. The van der Waals surface area contributed by atoms with E-state index in [9.17, 15) is 9.59 Å². The van der Waals surface area contributed by atoms with Gasteiger partial charge in [-0.05, 0) is 13.8 Å². The molecule has 2 heterocycles. The van der Waals surface area contributed by atoms with Crippen LogP contribution in [0.3, 0.4) is 0 Å². The monoisotopic (exact) mass is 237 g/mol. The molecule has 8 heteroatoms. The molecule has 0 aromatic carbocycles. The number of ether oxygens (including phenoxy) is 1. The van der Waals surface area contributed by atoms with Crippen molar-refractivity contribution in [3.05, 3.63) is 20.7 Å². The van der Waals surface area contributed by atoms with Crippen molar-refractivity contribution in [3.63, 3.8) is 0 Å². The summed E-state index contributed by atoms with van der Waals surface area (Å²) in [5.41, 5.74) is 4.24. The molecule has 2 aromatic rings. The Morgan fingerprint density at radius 2 is 1.82 bits per heavy atom. The topological polar surface area (TPSA) is 127 Å². The number of anilines is 1. The van der Waals surface area contributed by atoms with Gasteiger partial charge in [-0.25, -0.2) is 0 Å². The largest absolute Gasteiger partial charge is 0.473 e. The number of aromatic nitrogens is 4. The van der Waals surface area contributed by atoms with E-state index in [0.29, 0.717) is 0 Å². The van der Waals surface area contributed by atoms with E-state index in [1.165, 1.54) is 0 Å². The zero-order valence-corrected chi connectivity index (χ0v) is 9.27. The molecular formula is C9H11N5O3. The minimum atomic E-state index is -0.800. The molecule has 0 bridgehead atoms. The molecule has 0 aliphatic rings. The summed E-state index contributed by atoms with van der Waals surface area (Å²) in [6.07, 6.45) is -0.150. The summed E-state index contributed by atoms with van der Waals surface area (Å²) in [5.74, 6) is 0.0895. The van der Waals surface area contributed by atoms with Crippen LogP contribution in [0.5, 0.6) is 5.88 Å². The van der Waals surface area contributed by atoms with Gasteiger partial charge in [0, 0.05) is 0 Å². The van der Waals surface area contributed by atoms with Crippen LogP contribution in [0.2, 0.25) is 0 Å². The Labute approximate surface area is 94.9 Å². The van der Waals surface area contributed by atoms with Crippen LogP contribution in [0, 0.1) is 0 Å². The molecule has 0 saturated heterocycles. The lowest BCUT2D eigenvalue weighted by Crippen LogP contribution is -2.29. The van der Waals surface area contributed by atoms with Crippen LogP contribution in [-0.2, 0) is 0 Å². The Morgan fingerprint density at radius 1 is 1.18 bits per heavy atom. The van der Waals surface area contributed by atoms with Gasteiger partial charge in [-0.15, -0.1) is 0 Å². The third-order valence-electron chi connectivity index (χ3n) is 1.92. The predicted octanol–water partition coefficient (Wildman–Crippen LogP) is -0.624. The second-order valence-electron chi connectivity index (χ2n) is 3.69. The van der Waals surface area contributed by atoms with Crippen LogP contribution < -0.4 is 21.6 Å². The number of nitrogens with zero attached hydrogens (tertiary/aromatic N) is 2. The summed E-state index contributed by atoms with van der Waals surface area (Å²) in [6, 6.07) is 0. The quantitative estimate of drug-likeness (QED) is 0.597. The van der Waals surface area contributed by atoms with Gasteiger partial charge >= 0.3 is 11.1 Å². The summed E-state index contributed by atoms with van der Waals surface area (Å²) >= 11 is 0. The smallest absolute Gasteiger partial charge is 0.315 e. The third kappa shape index (κ3) is 2.10. The first-order valence-corrected chi connectivity index (χ1v) is 4.94. The van der Waals surface area contributed by atoms with Crippen LogP contribution in [0.1, 0.15) is 13.8 Å². The number of nitrogen functional groups attached to an aromatic ring is 1. The Balaban J connectivity index is 2.78. The molecule has 0 saturated carbocycles. The minimum absolute atomic E-state index is 0.0455. The number of rotatable bonds is 2. The summed E-state index contributed by atoms with van der Waals surface area (Å²) in [7, 11) is 0. The van der Waals surface area contributed by atoms with Gasteiger partial charge < -0.3 is 20.4 Å². The molecule has 0 unspecified atom stereocenters. The number of hydrogen-bond donors (Lipinski definition) is 3. The second kappa shape index (κ2) is 3.89. The van der Waals surface area contributed by atoms with Gasteiger partial charge in [0.25, 0.3) is 0 Å². The van der Waals surface area contributed by atoms with Gasteiger partial charge in [-0.2, -0.15) is 9.97 Å². The summed E-state index contributed by atoms with van der Waals surface area (Å²) in [5, 5.41) is 0. The fourth-order valence-corrected chi connectivity index (χ4v) is 1.30. The highest BCUT2D eigenvalue weighted by molar-refractivity contribution is 5.75. The average molecular weight is 237 g/mol. The zero-order valence-electron chi connectivity index (χ0n) is 9.27. The van der Waals surface area contributed by atoms with Crippen molar-refractivity contribution in [1.29, 1.82) is 0 Å². The first-order chi connectivity index (χ1) is 7.97. The molecular weight excluding hydrogens is 226 g/mol. The molecule has 0 fully saturated rings. The van der Waals surface area contributed by atoms with Crippen molar-refractivity contribution in [3.8, 4) is 5.88 Å². The summed E-state index contributed by atoms with van der Waals surface area (Å²) in [6.45, 7) is 3.60. The van der Waals surface area contributed by atoms with E-state index in [2.05, 4.69) is 19.9 Å². The number of H-pyrrole nitrogens is 2. The normalized spacial score (nSPS) is 11.0. The fourth-order valence-electron chi connectivity index (χ4n) is 1.30. The Morgan fingerprint density at radius 3 is 2.47 bits per heavy atom. The number of hydrogen-bond acceptors (Lipinski definition) is 6. The van der Waals surface area contributed by atoms with Gasteiger partial charge in [0.1, 0.15) is 5.52 Å². The Bertz CT molecular complexity index is 672. The summed E-state index contributed by atoms with van der Waals surface area (Å²) in [4.78, 5) is 34.7. The molecule has 0 aliphatic carbocycles. The molecule has 4 N–H and O–H groups in total. The lowest BCUT2D eigenvalue weighted by Gasteiger charge is -2.10. The fraction of sp³-hybridized carbons (Fsp3) is 0.333. The molecule has 17 heavy (non-hydrogen) atoms. The highest BCUT2D eigenvalue weighted by Gasteiger charge is 2.11. The molecule has 0 radical (unpaired) electrons. The number of aromatic amines is 2. The number of fused-ring (bicyclic) bond motifs is 1. The highest BCUT2D eigenvalue weighted by atomic mass is 16.5. The molecule has 8 nitrogen and oxygen atoms in total. The lowest BCUT2D eigenvalue weighted by atomic mass is 10.4. The summed E-state index contributed by atoms with van der Waals surface area (Å²) < 4.78 is 5.38. The van der Waals surface area contributed by atoms with E-state index < -0.39 is 11.1 Å². The van der Waals surface area contributed by atoms with Gasteiger partial charge in [0.2, 0.25) is 11.8 Å². The maximum absolute atomic E-state index is 11.2. The Kier molecular flexibility index (Phi) is 2.54. The Hall–Kier alpha value is -2.38. The molecule has 0 aliphatic heterocycles. The van der Waals surface area contributed by atoms with Crippen molar-refractivity contribution in [2.45, 2.75) is 20.0 Å². The minimum Gasteiger partial charge on any atom is -0.473 e. The SMILES string of the molecule is CC(C)Oc1nc(N)nc2[nH]c(=O)c(=O)[nH]c12. The van der Waals surface area contributed by atoms with E-state index in [0.717, 1.165) is 0 Å². The molecule has 2 aromatic heterocycles. The number of nitrogens with two attached hydrogens (primary N) is 1. The van der Waals surface area contributed by atoms with E-state index in [-0.39, 0.29) is 29.1 Å². The molecule has 90 valence electrons. The van der Waals surface area contributed by atoms with Gasteiger partial charge in [-0.1, -0.05) is 0 Å². The van der Waals surface area contributed by atoms with Crippen LogP contribution >= 0.6 is 0 Å². The van der Waals surface area contributed by atoms with Crippen LogP contribution in [0.4, 0.5) is 5.95 Å². The third-order valence-corrected chi connectivity index (χ3v) is 1.92. The first kappa shape index (κ1) is 11.1. The maximum Gasteiger partial charge on any atom is 0.315 e. The zero-order chi connectivity index (χ0) is 12.6. The van der Waals surface area contributed by atoms with Crippen molar-refractivity contribution in [2.75, 3.05) is 5.73 Å². The average Bonchev–Trinajstić information content (AvgIpc) is 2.20. The van der Waals surface area contributed by atoms with Gasteiger partial charge in [0.05, 0.1) is 6.10 Å². The molecule has 0 spiro atoms. The van der Waals surface area contributed by atoms with Crippen LogP contribution in [-0.4, -0.2) is 26.0 Å². The van der Waals surface area contributed by atoms with E-state index in [1.807, 2.05) is 0 Å². The highest BCUT2D eigenvalue weighted by Crippen LogP contribution is 2.18. The van der Waals surface area contributed by atoms with Crippen LogP contribution in [0.25, 0.3) is 11.2 Å². The number of nitrogens with one attached hydrogen (secondary N) is 2.